The standard InChI is InChI=1S/C22H19F3N4O2S/c1-12-9-19-27-28-21(29(19)18-11-16(31-3)7-8-17(12)18)32-13(2)20(30)26-15-6-4-5-14(10-15)22(23,24)25/h4-11,13H,1-3H3,(H,26,30). The number of amides is 1. The molecule has 0 bridgehead atoms. The van der Waals surface area contributed by atoms with Crippen molar-refractivity contribution in [2.45, 2.75) is 30.4 Å². The van der Waals surface area contributed by atoms with Crippen LogP contribution in [0.2, 0.25) is 0 Å². The number of halogens is 3. The van der Waals surface area contributed by atoms with Gasteiger partial charge in [-0.1, -0.05) is 17.8 Å². The molecular formula is C22H19F3N4O2S. The van der Waals surface area contributed by atoms with E-state index in [0.717, 1.165) is 28.6 Å². The number of thioether (sulfide) groups is 1. The van der Waals surface area contributed by atoms with Crippen LogP contribution < -0.4 is 10.1 Å². The molecule has 10 heteroatoms. The third-order valence-corrected chi connectivity index (χ3v) is 6.03. The lowest BCUT2D eigenvalue weighted by Crippen LogP contribution is -2.23. The van der Waals surface area contributed by atoms with Crippen LogP contribution in [-0.4, -0.2) is 32.9 Å². The Balaban J connectivity index is 1.62. The first kappa shape index (κ1) is 21.9. The Labute approximate surface area is 185 Å². The Kier molecular flexibility index (Phi) is 5.72. The number of carbonyl (C=O) groups is 1. The molecule has 0 fully saturated rings. The van der Waals surface area contributed by atoms with Crippen LogP contribution in [0.3, 0.4) is 0 Å². The number of methoxy groups -OCH3 is 1. The molecule has 1 amide bonds. The summed E-state index contributed by atoms with van der Waals surface area (Å²) in [5.74, 6) is 0.226. The zero-order chi connectivity index (χ0) is 23.0. The first-order chi connectivity index (χ1) is 15.2. The highest BCUT2D eigenvalue weighted by Gasteiger charge is 2.30. The second kappa shape index (κ2) is 8.34. The maximum atomic E-state index is 12.9. The van der Waals surface area contributed by atoms with Crippen LogP contribution in [-0.2, 0) is 11.0 Å². The number of ether oxygens (including phenoxy) is 1. The van der Waals surface area contributed by atoms with Crippen LogP contribution in [0.15, 0.2) is 53.7 Å². The molecule has 2 heterocycles. The van der Waals surface area contributed by atoms with Crippen LogP contribution in [0, 0.1) is 6.92 Å². The van der Waals surface area contributed by atoms with Crippen molar-refractivity contribution in [1.82, 2.24) is 14.6 Å². The van der Waals surface area contributed by atoms with Gasteiger partial charge >= 0.3 is 6.18 Å². The number of fused-ring (bicyclic) bond motifs is 3. The second-order valence-electron chi connectivity index (χ2n) is 7.21. The van der Waals surface area contributed by atoms with E-state index in [1.807, 2.05) is 35.6 Å². The molecule has 32 heavy (non-hydrogen) atoms. The van der Waals surface area contributed by atoms with Gasteiger partial charge < -0.3 is 10.1 Å². The van der Waals surface area contributed by atoms with Crippen LogP contribution in [0.5, 0.6) is 5.75 Å². The van der Waals surface area contributed by atoms with E-state index in [0.29, 0.717) is 16.6 Å². The maximum absolute atomic E-state index is 12.9. The lowest BCUT2D eigenvalue weighted by atomic mass is 10.1. The summed E-state index contributed by atoms with van der Waals surface area (Å²) in [5, 5.41) is 11.8. The van der Waals surface area contributed by atoms with Crippen molar-refractivity contribution in [2.24, 2.45) is 0 Å². The molecule has 6 nitrogen and oxygen atoms in total. The topological polar surface area (TPSA) is 68.5 Å². The van der Waals surface area contributed by atoms with E-state index in [9.17, 15) is 18.0 Å². The minimum absolute atomic E-state index is 0.0780. The molecular weight excluding hydrogens is 441 g/mol. The summed E-state index contributed by atoms with van der Waals surface area (Å²) >= 11 is 1.17. The lowest BCUT2D eigenvalue weighted by molar-refractivity contribution is -0.137. The largest absolute Gasteiger partial charge is 0.497 e. The molecule has 0 aliphatic carbocycles. The first-order valence-electron chi connectivity index (χ1n) is 9.64. The maximum Gasteiger partial charge on any atom is 0.416 e. The number of nitrogens with one attached hydrogen (secondary N) is 1. The Morgan fingerprint density at radius 3 is 2.66 bits per heavy atom. The number of benzene rings is 2. The normalized spacial score (nSPS) is 12.8. The number of rotatable bonds is 5. The molecule has 1 N–H and O–H groups in total. The van der Waals surface area contributed by atoms with Gasteiger partial charge in [-0.2, -0.15) is 13.2 Å². The van der Waals surface area contributed by atoms with Gasteiger partial charge in [0.2, 0.25) is 5.91 Å². The Morgan fingerprint density at radius 2 is 1.94 bits per heavy atom. The summed E-state index contributed by atoms with van der Waals surface area (Å²) in [7, 11) is 1.58. The van der Waals surface area contributed by atoms with Gasteiger partial charge in [-0.25, -0.2) is 0 Å². The molecule has 0 radical (unpaired) electrons. The van der Waals surface area contributed by atoms with Gasteiger partial charge in [-0.3, -0.25) is 9.20 Å². The molecule has 4 rings (SSSR count). The molecule has 0 spiro atoms. The van der Waals surface area contributed by atoms with Gasteiger partial charge in [0, 0.05) is 17.1 Å². The molecule has 1 unspecified atom stereocenters. The smallest absolute Gasteiger partial charge is 0.416 e. The van der Waals surface area contributed by atoms with E-state index >= 15 is 0 Å². The Hall–Kier alpha value is -3.27. The minimum Gasteiger partial charge on any atom is -0.497 e. The molecule has 4 aromatic rings. The van der Waals surface area contributed by atoms with Crippen molar-refractivity contribution in [3.8, 4) is 5.75 Å². The highest BCUT2D eigenvalue weighted by atomic mass is 32.2. The van der Waals surface area contributed by atoms with Crippen molar-refractivity contribution in [3.63, 3.8) is 0 Å². The van der Waals surface area contributed by atoms with Gasteiger partial charge in [0.25, 0.3) is 0 Å². The number of alkyl halides is 3. The quantitative estimate of drug-likeness (QED) is 0.408. The van der Waals surface area contributed by atoms with Crippen LogP contribution in [0.25, 0.3) is 16.6 Å². The molecule has 166 valence electrons. The van der Waals surface area contributed by atoms with Crippen molar-refractivity contribution in [3.05, 3.63) is 59.7 Å². The predicted octanol–water partition coefficient (Wildman–Crippen LogP) is 5.34. The van der Waals surface area contributed by atoms with Crippen molar-refractivity contribution < 1.29 is 22.7 Å². The number of aromatic nitrogens is 3. The number of nitrogens with zero attached hydrogens (tertiary/aromatic N) is 3. The molecule has 0 saturated heterocycles. The number of hydrogen-bond donors (Lipinski definition) is 1. The van der Waals surface area contributed by atoms with Gasteiger partial charge in [0.05, 0.1) is 23.4 Å². The fourth-order valence-electron chi connectivity index (χ4n) is 3.33. The summed E-state index contributed by atoms with van der Waals surface area (Å²) in [6.07, 6.45) is -4.48. The molecule has 2 aromatic heterocycles. The molecule has 0 aliphatic rings. The number of carbonyl (C=O) groups excluding carboxylic acids is 1. The van der Waals surface area contributed by atoms with E-state index in [1.54, 1.807) is 14.0 Å². The van der Waals surface area contributed by atoms with E-state index < -0.39 is 22.9 Å². The molecule has 0 saturated carbocycles. The molecule has 0 aliphatic heterocycles. The summed E-state index contributed by atoms with van der Waals surface area (Å²) < 4.78 is 46.0. The van der Waals surface area contributed by atoms with Crippen molar-refractivity contribution in [1.29, 1.82) is 0 Å². The zero-order valence-corrected chi connectivity index (χ0v) is 18.2. The fourth-order valence-corrected chi connectivity index (χ4v) is 4.20. The summed E-state index contributed by atoms with van der Waals surface area (Å²) in [6, 6.07) is 12.1. The zero-order valence-electron chi connectivity index (χ0n) is 17.4. The van der Waals surface area contributed by atoms with Crippen LogP contribution >= 0.6 is 11.8 Å². The van der Waals surface area contributed by atoms with Crippen molar-refractivity contribution in [2.75, 3.05) is 12.4 Å². The number of pyridine rings is 1. The van der Waals surface area contributed by atoms with E-state index in [2.05, 4.69) is 15.5 Å². The van der Waals surface area contributed by atoms with E-state index in [-0.39, 0.29) is 5.69 Å². The molecule has 1 atom stereocenters. The molecule has 2 aromatic carbocycles. The average molecular weight is 460 g/mol. The number of hydrogen-bond acceptors (Lipinski definition) is 5. The summed E-state index contributed by atoms with van der Waals surface area (Å²) in [5.41, 5.74) is 1.73. The highest BCUT2D eigenvalue weighted by molar-refractivity contribution is 8.00. The van der Waals surface area contributed by atoms with Crippen molar-refractivity contribution >= 4 is 39.9 Å². The van der Waals surface area contributed by atoms with Crippen LogP contribution in [0.4, 0.5) is 18.9 Å². The Bertz CT molecular complexity index is 1320. The third kappa shape index (κ3) is 4.22. The lowest BCUT2D eigenvalue weighted by Gasteiger charge is -2.14. The number of aryl methyl sites for hydroxylation is 1. The summed E-state index contributed by atoms with van der Waals surface area (Å²) in [4.78, 5) is 12.7. The van der Waals surface area contributed by atoms with E-state index in [4.69, 9.17) is 4.74 Å². The van der Waals surface area contributed by atoms with E-state index in [1.165, 1.54) is 23.9 Å². The SMILES string of the molecule is COc1ccc2c(C)cc3nnc(SC(C)C(=O)Nc4cccc(C(F)(F)F)c4)n3c2c1. The van der Waals surface area contributed by atoms with Gasteiger partial charge in [0.15, 0.2) is 10.8 Å². The predicted molar refractivity (Wildman–Crippen MR) is 117 cm³/mol. The van der Waals surface area contributed by atoms with Crippen LogP contribution in [0.1, 0.15) is 18.1 Å². The van der Waals surface area contributed by atoms with Gasteiger partial charge in [-0.05, 0) is 55.8 Å². The monoisotopic (exact) mass is 460 g/mol. The van der Waals surface area contributed by atoms with Gasteiger partial charge in [-0.15, -0.1) is 10.2 Å². The average Bonchev–Trinajstić information content (AvgIpc) is 3.15. The third-order valence-electron chi connectivity index (χ3n) is 4.98. The fraction of sp³-hybridized carbons (Fsp3) is 0.227. The minimum atomic E-state index is -4.48. The highest BCUT2D eigenvalue weighted by Crippen LogP contribution is 2.32. The number of anilines is 1. The first-order valence-corrected chi connectivity index (χ1v) is 10.5. The second-order valence-corrected chi connectivity index (χ2v) is 8.52. The van der Waals surface area contributed by atoms with Gasteiger partial charge in [0.1, 0.15) is 5.75 Å². The Morgan fingerprint density at radius 1 is 1.16 bits per heavy atom. The summed E-state index contributed by atoms with van der Waals surface area (Å²) in [6.45, 7) is 3.63.